The minimum Gasteiger partial charge on any atom is -0.508 e. The van der Waals surface area contributed by atoms with Crippen molar-refractivity contribution in [1.29, 1.82) is 0 Å². The van der Waals surface area contributed by atoms with E-state index in [9.17, 15) is 5.11 Å². The van der Waals surface area contributed by atoms with E-state index in [-0.39, 0.29) is 18.5 Å². The van der Waals surface area contributed by atoms with Crippen molar-refractivity contribution in [2.45, 2.75) is 32.1 Å². The average Bonchev–Trinajstić information content (AvgIpc) is 3.19. The Hall–Kier alpha value is -2.36. The number of hydrogen-bond donors (Lipinski definition) is 1. The maximum absolute atomic E-state index is 10.5. The summed E-state index contributed by atoms with van der Waals surface area (Å²) in [5, 5.41) is 10.5. The summed E-state index contributed by atoms with van der Waals surface area (Å²) in [6.45, 7) is 4.41. The molecule has 0 aromatic heterocycles. The maximum Gasteiger partial charge on any atom is 0.231 e. The lowest BCUT2D eigenvalue weighted by Crippen LogP contribution is -2.23. The highest BCUT2D eigenvalue weighted by Gasteiger charge is 2.32. The zero-order chi connectivity index (χ0) is 16.5. The summed E-state index contributed by atoms with van der Waals surface area (Å²) >= 11 is 0. The van der Waals surface area contributed by atoms with Crippen molar-refractivity contribution >= 4 is 5.69 Å². The molecule has 0 radical (unpaired) electrons. The van der Waals surface area contributed by atoms with Crippen LogP contribution in [-0.2, 0) is 0 Å². The van der Waals surface area contributed by atoms with Gasteiger partial charge < -0.3 is 19.5 Å². The van der Waals surface area contributed by atoms with Crippen molar-refractivity contribution < 1.29 is 14.6 Å². The first-order valence-corrected chi connectivity index (χ1v) is 8.74. The number of nitrogens with zero attached hydrogens (tertiary/aromatic N) is 1. The van der Waals surface area contributed by atoms with Crippen LogP contribution in [0.1, 0.15) is 43.2 Å². The fourth-order valence-corrected chi connectivity index (χ4v) is 3.74. The van der Waals surface area contributed by atoms with Crippen LogP contribution in [0, 0.1) is 0 Å². The first-order chi connectivity index (χ1) is 11.8. The number of unbranched alkanes of at least 4 members (excludes halogenated alkanes) is 2. The third-order valence-electron chi connectivity index (χ3n) is 4.98. The molecule has 1 unspecified atom stereocenters. The van der Waals surface area contributed by atoms with Gasteiger partial charge in [-0.2, -0.15) is 0 Å². The molecular weight excluding hydrogens is 302 g/mol. The second-order valence-corrected chi connectivity index (χ2v) is 6.53. The molecule has 2 heterocycles. The lowest BCUT2D eigenvalue weighted by Gasteiger charge is -2.20. The van der Waals surface area contributed by atoms with E-state index in [4.69, 9.17) is 9.47 Å². The molecule has 1 atom stereocenters. The van der Waals surface area contributed by atoms with Crippen molar-refractivity contribution in [3.8, 4) is 17.2 Å². The Morgan fingerprint density at radius 3 is 2.71 bits per heavy atom. The highest BCUT2D eigenvalue weighted by Crippen LogP contribution is 2.46. The predicted octanol–water partition coefficient (Wildman–Crippen LogP) is 4.26. The van der Waals surface area contributed by atoms with Crippen molar-refractivity contribution in [2.75, 3.05) is 24.8 Å². The smallest absolute Gasteiger partial charge is 0.231 e. The van der Waals surface area contributed by atoms with Crippen LogP contribution in [0.25, 0.3) is 0 Å². The summed E-state index contributed by atoms with van der Waals surface area (Å²) < 4.78 is 10.9. The van der Waals surface area contributed by atoms with Crippen molar-refractivity contribution in [3.05, 3.63) is 47.5 Å². The Morgan fingerprint density at radius 1 is 1.08 bits per heavy atom. The summed E-state index contributed by atoms with van der Waals surface area (Å²) in [6.07, 6.45) is 3.67. The molecule has 2 aliphatic rings. The number of phenols is 1. The van der Waals surface area contributed by atoms with Crippen LogP contribution >= 0.6 is 0 Å². The van der Waals surface area contributed by atoms with E-state index in [0.29, 0.717) is 5.75 Å². The topological polar surface area (TPSA) is 41.9 Å². The van der Waals surface area contributed by atoms with E-state index in [0.717, 1.165) is 24.4 Å². The second-order valence-electron chi connectivity index (χ2n) is 6.53. The van der Waals surface area contributed by atoms with Gasteiger partial charge in [-0.1, -0.05) is 38.0 Å². The van der Waals surface area contributed by atoms with Gasteiger partial charge >= 0.3 is 0 Å². The summed E-state index contributed by atoms with van der Waals surface area (Å²) in [4.78, 5) is 2.44. The molecular formula is C20H23NO3. The number of para-hydroxylation sites is 1. The van der Waals surface area contributed by atoms with Crippen LogP contribution in [0.4, 0.5) is 5.69 Å². The van der Waals surface area contributed by atoms with E-state index >= 15 is 0 Å². The van der Waals surface area contributed by atoms with Gasteiger partial charge in [0.2, 0.25) is 6.79 Å². The molecule has 0 aliphatic carbocycles. The first kappa shape index (κ1) is 15.2. The van der Waals surface area contributed by atoms with E-state index in [1.165, 1.54) is 30.5 Å². The summed E-state index contributed by atoms with van der Waals surface area (Å²) in [7, 11) is 0. The number of benzene rings is 2. The number of rotatable bonds is 5. The van der Waals surface area contributed by atoms with E-state index in [2.05, 4.69) is 36.1 Å². The second kappa shape index (κ2) is 6.27. The standard InChI is InChI=1S/C20H23NO3/c1-2-3-6-9-21-12-16(14-7-4-5-8-17(14)21)15-10-19-20(11-18(15)22)24-13-23-19/h4-5,7-8,10-11,16,22H,2-3,6,9,12-13H2,1H3. The molecule has 24 heavy (non-hydrogen) atoms. The van der Waals surface area contributed by atoms with Crippen molar-refractivity contribution in [3.63, 3.8) is 0 Å². The van der Waals surface area contributed by atoms with Crippen LogP contribution in [0.15, 0.2) is 36.4 Å². The van der Waals surface area contributed by atoms with Crippen LogP contribution in [0.5, 0.6) is 17.2 Å². The van der Waals surface area contributed by atoms with E-state index in [1.54, 1.807) is 6.07 Å². The normalized spacial score (nSPS) is 18.0. The molecule has 0 saturated heterocycles. The lowest BCUT2D eigenvalue weighted by molar-refractivity contribution is 0.174. The SMILES string of the molecule is CCCCCN1CC(c2cc3c(cc2O)OCO3)c2ccccc21. The summed E-state index contributed by atoms with van der Waals surface area (Å²) in [6, 6.07) is 12.1. The molecule has 2 aliphatic heterocycles. The Bertz CT molecular complexity index is 744. The van der Waals surface area contributed by atoms with Crippen molar-refractivity contribution in [2.24, 2.45) is 0 Å². The monoisotopic (exact) mass is 325 g/mol. The third-order valence-corrected chi connectivity index (χ3v) is 4.98. The molecule has 4 heteroatoms. The fraction of sp³-hybridized carbons (Fsp3) is 0.400. The number of fused-ring (bicyclic) bond motifs is 2. The van der Waals surface area contributed by atoms with Crippen LogP contribution in [0.3, 0.4) is 0 Å². The van der Waals surface area contributed by atoms with E-state index in [1.807, 2.05) is 6.07 Å². The molecule has 2 aromatic carbocycles. The highest BCUT2D eigenvalue weighted by atomic mass is 16.7. The third kappa shape index (κ3) is 2.56. The molecule has 0 bridgehead atoms. The molecule has 4 nitrogen and oxygen atoms in total. The Morgan fingerprint density at radius 2 is 1.88 bits per heavy atom. The molecule has 0 spiro atoms. The Kier molecular flexibility index (Phi) is 3.97. The van der Waals surface area contributed by atoms with Gasteiger partial charge in [-0.15, -0.1) is 0 Å². The zero-order valence-corrected chi connectivity index (χ0v) is 14.0. The van der Waals surface area contributed by atoms with Crippen molar-refractivity contribution in [1.82, 2.24) is 0 Å². The number of aromatic hydroxyl groups is 1. The maximum atomic E-state index is 10.5. The van der Waals surface area contributed by atoms with Gasteiger partial charge in [-0.3, -0.25) is 0 Å². The Labute approximate surface area is 142 Å². The number of anilines is 1. The first-order valence-electron chi connectivity index (χ1n) is 8.74. The zero-order valence-electron chi connectivity index (χ0n) is 14.0. The Balaban J connectivity index is 1.67. The number of phenolic OH excluding ortho intramolecular Hbond substituents is 1. The predicted molar refractivity (Wildman–Crippen MR) is 94.3 cm³/mol. The van der Waals surface area contributed by atoms with Gasteiger partial charge in [0, 0.05) is 36.3 Å². The minimum atomic E-state index is 0.164. The lowest BCUT2D eigenvalue weighted by atomic mass is 9.92. The molecule has 0 saturated carbocycles. The van der Waals surface area contributed by atoms with Gasteiger partial charge in [-0.25, -0.2) is 0 Å². The van der Waals surface area contributed by atoms with Gasteiger partial charge in [-0.05, 0) is 24.1 Å². The quantitative estimate of drug-likeness (QED) is 0.834. The van der Waals surface area contributed by atoms with Gasteiger partial charge in [0.05, 0.1) is 0 Å². The molecule has 4 rings (SSSR count). The molecule has 2 aromatic rings. The van der Waals surface area contributed by atoms with Crippen LogP contribution < -0.4 is 14.4 Å². The molecule has 126 valence electrons. The largest absolute Gasteiger partial charge is 0.508 e. The average molecular weight is 325 g/mol. The summed E-state index contributed by atoms with van der Waals surface area (Å²) in [5.41, 5.74) is 3.49. The highest BCUT2D eigenvalue weighted by molar-refractivity contribution is 5.65. The van der Waals surface area contributed by atoms with E-state index < -0.39 is 0 Å². The number of ether oxygens (including phenoxy) is 2. The van der Waals surface area contributed by atoms with Gasteiger partial charge in [0.1, 0.15) is 5.75 Å². The minimum absolute atomic E-state index is 0.164. The summed E-state index contributed by atoms with van der Waals surface area (Å²) in [5.74, 6) is 1.80. The van der Waals surface area contributed by atoms with Crippen LogP contribution in [0.2, 0.25) is 0 Å². The fourth-order valence-electron chi connectivity index (χ4n) is 3.74. The molecule has 0 fully saturated rings. The van der Waals surface area contributed by atoms with Gasteiger partial charge in [0.25, 0.3) is 0 Å². The van der Waals surface area contributed by atoms with Crippen LogP contribution in [-0.4, -0.2) is 25.0 Å². The molecule has 1 N–H and O–H groups in total. The molecule has 0 amide bonds. The number of hydrogen-bond acceptors (Lipinski definition) is 4. The van der Waals surface area contributed by atoms with Gasteiger partial charge in [0.15, 0.2) is 11.5 Å².